The van der Waals surface area contributed by atoms with Gasteiger partial charge in [0, 0.05) is 43.4 Å². The van der Waals surface area contributed by atoms with Gasteiger partial charge in [-0.2, -0.15) is 0 Å². The van der Waals surface area contributed by atoms with Crippen LogP contribution < -0.4 is 0 Å². The predicted octanol–water partition coefficient (Wildman–Crippen LogP) is 12.1. The van der Waals surface area contributed by atoms with E-state index in [0.717, 1.165) is 61.0 Å². The quantitative estimate of drug-likeness (QED) is 0.132. The number of benzene rings is 7. The Labute approximate surface area is 303 Å². The fraction of sp³-hybridized carbons (Fsp3) is 0. The first-order valence-electron chi connectivity index (χ1n) is 16.3. The zero-order valence-electron chi connectivity index (χ0n) is 26.8. The molecule has 0 spiro atoms. The molecule has 0 N–H and O–H groups in total. The number of furan rings is 1. The van der Waals surface area contributed by atoms with Crippen LogP contribution in [0.1, 0.15) is 0 Å². The van der Waals surface area contributed by atoms with Crippen molar-refractivity contribution in [1.29, 1.82) is 0 Å². The summed E-state index contributed by atoms with van der Waals surface area (Å²) < 4.78 is 6.36. The Morgan fingerprint density at radius 3 is 2.10 bits per heavy atom. The van der Waals surface area contributed by atoms with Gasteiger partial charge in [0.1, 0.15) is 5.58 Å². The summed E-state index contributed by atoms with van der Waals surface area (Å²) in [6.45, 7) is 0. The third kappa shape index (κ3) is 5.65. The van der Waals surface area contributed by atoms with Crippen LogP contribution in [-0.2, 0) is 20.1 Å². The van der Waals surface area contributed by atoms with Gasteiger partial charge < -0.3 is 14.4 Å². The third-order valence-electron chi connectivity index (χ3n) is 9.09. The first kappa shape index (κ1) is 31.3. The smallest absolute Gasteiger partial charge is 0.128 e. The molecular formula is C46H28IrN2O-2. The van der Waals surface area contributed by atoms with Crippen LogP contribution in [0.4, 0.5) is 0 Å². The minimum Gasteiger partial charge on any atom is -0.500 e. The van der Waals surface area contributed by atoms with Crippen molar-refractivity contribution >= 4 is 54.3 Å². The summed E-state index contributed by atoms with van der Waals surface area (Å²) in [6, 6.07) is 60.7. The Morgan fingerprint density at radius 1 is 0.480 bits per heavy atom. The molecule has 0 unspecified atom stereocenters. The van der Waals surface area contributed by atoms with Gasteiger partial charge in [-0.05, 0) is 61.4 Å². The molecule has 3 aromatic heterocycles. The summed E-state index contributed by atoms with van der Waals surface area (Å²) in [5, 5.41) is 9.52. The van der Waals surface area contributed by atoms with Gasteiger partial charge >= 0.3 is 0 Å². The molecule has 50 heavy (non-hydrogen) atoms. The van der Waals surface area contributed by atoms with Crippen LogP contribution >= 0.6 is 0 Å². The van der Waals surface area contributed by atoms with Crippen LogP contribution in [0.25, 0.3) is 87.9 Å². The van der Waals surface area contributed by atoms with Crippen LogP contribution in [0.15, 0.2) is 175 Å². The Kier molecular flexibility index (Phi) is 8.48. The summed E-state index contributed by atoms with van der Waals surface area (Å²) in [7, 11) is 0. The topological polar surface area (TPSA) is 38.9 Å². The molecule has 10 aromatic rings. The first-order valence-corrected chi connectivity index (χ1v) is 16.3. The van der Waals surface area contributed by atoms with Gasteiger partial charge in [0.05, 0.1) is 5.58 Å². The molecule has 3 nitrogen and oxygen atoms in total. The maximum Gasteiger partial charge on any atom is 0.128 e. The van der Waals surface area contributed by atoms with Gasteiger partial charge in [-0.3, -0.25) is 0 Å². The van der Waals surface area contributed by atoms with Crippen molar-refractivity contribution in [1.82, 2.24) is 9.97 Å². The molecule has 0 atom stereocenters. The molecule has 0 amide bonds. The molecule has 0 saturated heterocycles. The Morgan fingerprint density at radius 2 is 1.24 bits per heavy atom. The Bertz CT molecular complexity index is 2720. The van der Waals surface area contributed by atoms with E-state index in [9.17, 15) is 0 Å². The molecule has 7 aromatic carbocycles. The SMILES string of the molecule is [Ir].[c-]1cc2oc3c(-c4ccccc4)cccc3c2cc1-c1nccc2c1ccc1c3ccccc3ccc21.[c-]1ccccc1-c1ccccn1. The Hall–Kier alpha value is -5.93. The number of nitrogens with zero attached hydrogens (tertiary/aromatic N) is 2. The second-order valence-corrected chi connectivity index (χ2v) is 12.0. The molecule has 1 radical (unpaired) electrons. The van der Waals surface area contributed by atoms with Gasteiger partial charge in [0.2, 0.25) is 0 Å². The van der Waals surface area contributed by atoms with Gasteiger partial charge in [0.15, 0.2) is 0 Å². The third-order valence-corrected chi connectivity index (χ3v) is 9.09. The number of fused-ring (bicyclic) bond motifs is 8. The van der Waals surface area contributed by atoms with E-state index in [2.05, 4.69) is 120 Å². The second kappa shape index (κ2) is 13.5. The predicted molar refractivity (Wildman–Crippen MR) is 202 cm³/mol. The minimum absolute atomic E-state index is 0. The Balaban J connectivity index is 0.000000236. The van der Waals surface area contributed by atoms with Gasteiger partial charge in [-0.15, -0.1) is 59.7 Å². The molecule has 0 saturated carbocycles. The maximum atomic E-state index is 6.36. The largest absolute Gasteiger partial charge is 0.500 e. The van der Waals surface area contributed by atoms with Crippen molar-refractivity contribution in [2.24, 2.45) is 0 Å². The number of rotatable bonds is 3. The van der Waals surface area contributed by atoms with Crippen molar-refractivity contribution in [3.63, 3.8) is 0 Å². The molecule has 239 valence electrons. The van der Waals surface area contributed by atoms with E-state index >= 15 is 0 Å². The van der Waals surface area contributed by atoms with E-state index < -0.39 is 0 Å². The van der Waals surface area contributed by atoms with Gasteiger partial charge in [-0.25, -0.2) is 0 Å². The fourth-order valence-corrected chi connectivity index (χ4v) is 6.77. The van der Waals surface area contributed by atoms with Crippen molar-refractivity contribution in [3.8, 4) is 33.6 Å². The van der Waals surface area contributed by atoms with Crippen LogP contribution in [0.5, 0.6) is 0 Å². The number of para-hydroxylation sites is 1. The molecular weight excluding hydrogens is 789 g/mol. The summed E-state index contributed by atoms with van der Waals surface area (Å²) in [5.41, 5.74) is 7.88. The van der Waals surface area contributed by atoms with E-state index in [0.29, 0.717) is 0 Å². The average molecular weight is 817 g/mol. The molecule has 4 heteroatoms. The molecule has 10 rings (SSSR count). The first-order chi connectivity index (χ1) is 24.3. The zero-order chi connectivity index (χ0) is 32.6. The molecule has 0 aliphatic rings. The summed E-state index contributed by atoms with van der Waals surface area (Å²) in [4.78, 5) is 9.04. The summed E-state index contributed by atoms with van der Waals surface area (Å²) in [6.07, 6.45) is 3.70. The zero-order valence-corrected chi connectivity index (χ0v) is 29.2. The maximum absolute atomic E-state index is 6.36. The van der Waals surface area contributed by atoms with Gasteiger partial charge in [-0.1, -0.05) is 115 Å². The monoisotopic (exact) mass is 817 g/mol. The number of pyridine rings is 2. The summed E-state index contributed by atoms with van der Waals surface area (Å²) >= 11 is 0. The molecule has 0 aliphatic carbocycles. The standard InChI is InChI=1S/C35H20NO.C11H8N.Ir/c1-2-7-22(8-3-1)26-11-6-12-31-32-21-24(14-18-33(32)37-35(26)31)34-30-17-16-27-25-10-5-4-9-23(25)13-15-28(27)29(30)19-20-36-34;1-2-6-10(7-3-1)11-8-4-5-9-12-11;/h1-13,15-21H;1-6,8-9H;/q2*-1;. The molecule has 0 fully saturated rings. The van der Waals surface area contributed by atoms with E-state index in [-0.39, 0.29) is 20.1 Å². The molecule has 0 aliphatic heterocycles. The average Bonchev–Trinajstić information content (AvgIpc) is 3.57. The van der Waals surface area contributed by atoms with Crippen LogP contribution in [-0.4, -0.2) is 9.97 Å². The van der Waals surface area contributed by atoms with E-state index in [1.807, 2.05) is 60.8 Å². The second-order valence-electron chi connectivity index (χ2n) is 12.0. The number of hydrogen-bond donors (Lipinski definition) is 0. The van der Waals surface area contributed by atoms with Crippen LogP contribution in [0.2, 0.25) is 0 Å². The minimum atomic E-state index is 0. The molecule has 3 heterocycles. The van der Waals surface area contributed by atoms with Crippen molar-refractivity contribution in [2.45, 2.75) is 0 Å². The van der Waals surface area contributed by atoms with Gasteiger partial charge in [0.25, 0.3) is 0 Å². The van der Waals surface area contributed by atoms with Crippen molar-refractivity contribution in [3.05, 3.63) is 182 Å². The van der Waals surface area contributed by atoms with E-state index in [1.165, 1.54) is 26.9 Å². The van der Waals surface area contributed by atoms with Crippen molar-refractivity contribution in [2.75, 3.05) is 0 Å². The summed E-state index contributed by atoms with van der Waals surface area (Å²) in [5.74, 6) is 0. The molecule has 0 bridgehead atoms. The van der Waals surface area contributed by atoms with E-state index in [1.54, 1.807) is 6.20 Å². The number of hydrogen-bond acceptors (Lipinski definition) is 3. The number of aromatic nitrogens is 2. The van der Waals surface area contributed by atoms with E-state index in [4.69, 9.17) is 9.40 Å². The van der Waals surface area contributed by atoms with Crippen molar-refractivity contribution < 1.29 is 24.5 Å². The van der Waals surface area contributed by atoms with Crippen LogP contribution in [0, 0.1) is 12.1 Å². The van der Waals surface area contributed by atoms with Crippen LogP contribution in [0.3, 0.4) is 0 Å². The fourth-order valence-electron chi connectivity index (χ4n) is 6.77. The normalized spacial score (nSPS) is 11.0.